The summed E-state index contributed by atoms with van der Waals surface area (Å²) in [6.45, 7) is 0.288. The fraction of sp³-hybridized carbons (Fsp3) is 0.222. The fourth-order valence-corrected chi connectivity index (χ4v) is 2.30. The van der Waals surface area contributed by atoms with Crippen molar-refractivity contribution in [2.75, 3.05) is 14.1 Å². The molecule has 0 fully saturated rings. The van der Waals surface area contributed by atoms with Crippen LogP contribution in [-0.2, 0) is 17.8 Å². The van der Waals surface area contributed by atoms with Crippen LogP contribution >= 0.6 is 0 Å². The number of nitrogens with one attached hydrogen (secondary N) is 1. The van der Waals surface area contributed by atoms with Gasteiger partial charge >= 0.3 is 0 Å². The summed E-state index contributed by atoms with van der Waals surface area (Å²) in [7, 11) is 3.36. The van der Waals surface area contributed by atoms with E-state index < -0.39 is 4.92 Å². The van der Waals surface area contributed by atoms with Crippen LogP contribution in [0.25, 0.3) is 0 Å². The summed E-state index contributed by atoms with van der Waals surface area (Å²) in [6.07, 6.45) is -0.0612. The molecule has 2 aromatic rings. The van der Waals surface area contributed by atoms with Crippen molar-refractivity contribution in [2.24, 2.45) is 0 Å². The molecule has 0 unspecified atom stereocenters. The van der Waals surface area contributed by atoms with E-state index in [0.29, 0.717) is 11.1 Å². The van der Waals surface area contributed by atoms with Gasteiger partial charge in [0.2, 0.25) is 5.91 Å². The zero-order valence-electron chi connectivity index (χ0n) is 14.1. The summed E-state index contributed by atoms with van der Waals surface area (Å²) in [5.74, 6) is -0.394. The SMILES string of the molecule is CN(C)C(=O)c1ccc(CNC(=O)Cc2ccccc2[N+](=O)[O-])cc1. The van der Waals surface area contributed by atoms with E-state index in [1.807, 2.05) is 0 Å². The number of carbonyl (C=O) groups is 2. The van der Waals surface area contributed by atoms with Crippen LogP contribution in [-0.4, -0.2) is 35.7 Å². The third kappa shape index (κ3) is 4.87. The quantitative estimate of drug-likeness (QED) is 0.644. The summed E-state index contributed by atoms with van der Waals surface area (Å²) >= 11 is 0. The Morgan fingerprint density at radius 2 is 1.72 bits per heavy atom. The lowest BCUT2D eigenvalue weighted by Gasteiger charge is -2.11. The first kappa shape index (κ1) is 18.1. The minimum Gasteiger partial charge on any atom is -0.352 e. The molecule has 2 aromatic carbocycles. The van der Waals surface area contributed by atoms with Crippen molar-refractivity contribution in [3.8, 4) is 0 Å². The minimum atomic E-state index is -0.497. The summed E-state index contributed by atoms with van der Waals surface area (Å²) < 4.78 is 0. The average molecular weight is 341 g/mol. The van der Waals surface area contributed by atoms with E-state index in [4.69, 9.17) is 0 Å². The van der Waals surface area contributed by atoms with Crippen LogP contribution in [0.4, 0.5) is 5.69 Å². The Balaban J connectivity index is 1.94. The van der Waals surface area contributed by atoms with Gasteiger partial charge in [-0.3, -0.25) is 19.7 Å². The third-order valence-corrected chi connectivity index (χ3v) is 3.64. The van der Waals surface area contributed by atoms with Gasteiger partial charge in [0.1, 0.15) is 0 Å². The standard InChI is InChI=1S/C18H19N3O4/c1-20(2)18(23)14-9-7-13(8-10-14)12-19-17(22)11-15-5-3-4-6-16(15)21(24)25/h3-10H,11-12H2,1-2H3,(H,19,22). The molecule has 2 rings (SSSR count). The molecule has 0 aromatic heterocycles. The van der Waals surface area contributed by atoms with E-state index in [1.54, 1.807) is 56.6 Å². The predicted octanol–water partition coefficient (Wildman–Crippen LogP) is 2.16. The topological polar surface area (TPSA) is 92.6 Å². The minimum absolute atomic E-state index is 0.0612. The molecule has 0 radical (unpaired) electrons. The zero-order valence-corrected chi connectivity index (χ0v) is 14.1. The number of amides is 2. The molecular formula is C18H19N3O4. The maximum absolute atomic E-state index is 12.0. The molecule has 0 aliphatic rings. The van der Waals surface area contributed by atoms with Gasteiger partial charge in [0, 0.05) is 37.8 Å². The molecule has 0 bridgehead atoms. The molecule has 1 N–H and O–H groups in total. The molecule has 2 amide bonds. The lowest BCUT2D eigenvalue weighted by Crippen LogP contribution is -2.25. The highest BCUT2D eigenvalue weighted by molar-refractivity contribution is 5.93. The molecule has 7 heteroatoms. The monoisotopic (exact) mass is 341 g/mol. The molecule has 130 valence electrons. The van der Waals surface area contributed by atoms with Crippen molar-refractivity contribution in [3.05, 3.63) is 75.3 Å². The zero-order chi connectivity index (χ0) is 18.4. The van der Waals surface area contributed by atoms with Crippen LogP contribution in [0.5, 0.6) is 0 Å². The lowest BCUT2D eigenvalue weighted by molar-refractivity contribution is -0.385. The van der Waals surface area contributed by atoms with Gasteiger partial charge in [0.15, 0.2) is 0 Å². The molecule has 0 saturated heterocycles. The Morgan fingerprint density at radius 1 is 1.08 bits per heavy atom. The number of para-hydroxylation sites is 1. The Morgan fingerprint density at radius 3 is 2.32 bits per heavy atom. The second-order valence-electron chi connectivity index (χ2n) is 5.74. The van der Waals surface area contributed by atoms with E-state index in [2.05, 4.69) is 5.32 Å². The van der Waals surface area contributed by atoms with E-state index in [1.165, 1.54) is 11.0 Å². The smallest absolute Gasteiger partial charge is 0.273 e. The van der Waals surface area contributed by atoms with Crippen LogP contribution in [0.15, 0.2) is 48.5 Å². The highest BCUT2D eigenvalue weighted by atomic mass is 16.6. The van der Waals surface area contributed by atoms with E-state index in [0.717, 1.165) is 5.56 Å². The first-order chi connectivity index (χ1) is 11.9. The molecule has 0 atom stereocenters. The second kappa shape index (κ2) is 8.05. The number of hydrogen-bond donors (Lipinski definition) is 1. The molecule has 0 spiro atoms. The largest absolute Gasteiger partial charge is 0.352 e. The Bertz CT molecular complexity index is 785. The number of carbonyl (C=O) groups excluding carboxylic acids is 2. The van der Waals surface area contributed by atoms with Gasteiger partial charge in [-0.2, -0.15) is 0 Å². The Labute approximate surface area is 145 Å². The highest BCUT2D eigenvalue weighted by Crippen LogP contribution is 2.18. The van der Waals surface area contributed by atoms with Crippen molar-refractivity contribution in [1.29, 1.82) is 0 Å². The van der Waals surface area contributed by atoms with Crippen molar-refractivity contribution < 1.29 is 14.5 Å². The normalized spacial score (nSPS) is 10.2. The summed E-state index contributed by atoms with van der Waals surface area (Å²) in [4.78, 5) is 35.8. The van der Waals surface area contributed by atoms with Gasteiger partial charge in [0.25, 0.3) is 11.6 Å². The number of rotatable bonds is 6. The first-order valence-electron chi connectivity index (χ1n) is 7.68. The maximum atomic E-state index is 12.0. The van der Waals surface area contributed by atoms with Crippen LogP contribution in [0.1, 0.15) is 21.5 Å². The van der Waals surface area contributed by atoms with Crippen LogP contribution < -0.4 is 5.32 Å². The molecule has 0 heterocycles. The lowest BCUT2D eigenvalue weighted by atomic mass is 10.1. The van der Waals surface area contributed by atoms with Crippen molar-refractivity contribution in [1.82, 2.24) is 10.2 Å². The van der Waals surface area contributed by atoms with Gasteiger partial charge in [-0.25, -0.2) is 0 Å². The molecule has 0 saturated carbocycles. The molecule has 0 aliphatic carbocycles. The molecule has 25 heavy (non-hydrogen) atoms. The highest BCUT2D eigenvalue weighted by Gasteiger charge is 2.15. The van der Waals surface area contributed by atoms with E-state index in [-0.39, 0.29) is 30.5 Å². The van der Waals surface area contributed by atoms with Crippen LogP contribution in [0.3, 0.4) is 0 Å². The van der Waals surface area contributed by atoms with Crippen molar-refractivity contribution in [2.45, 2.75) is 13.0 Å². The number of nitro groups is 1. The predicted molar refractivity (Wildman–Crippen MR) is 93.1 cm³/mol. The summed E-state index contributed by atoms with van der Waals surface area (Å²) in [5.41, 5.74) is 1.72. The number of hydrogen-bond acceptors (Lipinski definition) is 4. The first-order valence-corrected chi connectivity index (χ1v) is 7.68. The van der Waals surface area contributed by atoms with Gasteiger partial charge in [0.05, 0.1) is 11.3 Å². The summed E-state index contributed by atoms with van der Waals surface area (Å²) in [5, 5.41) is 13.7. The van der Waals surface area contributed by atoms with E-state index in [9.17, 15) is 19.7 Å². The van der Waals surface area contributed by atoms with Gasteiger partial charge in [-0.1, -0.05) is 30.3 Å². The average Bonchev–Trinajstić information content (AvgIpc) is 2.60. The van der Waals surface area contributed by atoms with Crippen LogP contribution in [0, 0.1) is 10.1 Å². The molecule has 0 aliphatic heterocycles. The summed E-state index contributed by atoms with van der Waals surface area (Å²) in [6, 6.07) is 13.1. The van der Waals surface area contributed by atoms with Gasteiger partial charge in [-0.15, -0.1) is 0 Å². The maximum Gasteiger partial charge on any atom is 0.273 e. The number of benzene rings is 2. The Kier molecular flexibility index (Phi) is 5.84. The Hall–Kier alpha value is -3.22. The van der Waals surface area contributed by atoms with Gasteiger partial charge < -0.3 is 10.2 Å². The van der Waals surface area contributed by atoms with Gasteiger partial charge in [-0.05, 0) is 17.7 Å². The van der Waals surface area contributed by atoms with Crippen molar-refractivity contribution in [3.63, 3.8) is 0 Å². The molecule has 7 nitrogen and oxygen atoms in total. The molecular weight excluding hydrogens is 322 g/mol. The van der Waals surface area contributed by atoms with Crippen molar-refractivity contribution >= 4 is 17.5 Å². The second-order valence-corrected chi connectivity index (χ2v) is 5.74. The van der Waals surface area contributed by atoms with E-state index >= 15 is 0 Å². The third-order valence-electron chi connectivity index (χ3n) is 3.64. The van der Waals surface area contributed by atoms with Crippen LogP contribution in [0.2, 0.25) is 0 Å². The number of nitrogens with zero attached hydrogens (tertiary/aromatic N) is 2. The fourth-order valence-electron chi connectivity index (χ4n) is 2.30. The number of nitro benzene ring substituents is 1.